The van der Waals surface area contributed by atoms with Crippen LogP contribution in [0.2, 0.25) is 0 Å². The van der Waals surface area contributed by atoms with Crippen LogP contribution in [0.25, 0.3) is 16.3 Å². The van der Waals surface area contributed by atoms with Gasteiger partial charge in [0, 0.05) is 0 Å². The second-order valence-electron chi connectivity index (χ2n) is 6.89. The maximum Gasteiger partial charge on any atom is 0.268 e. The average molecular weight is 375 g/mol. The van der Waals surface area contributed by atoms with Gasteiger partial charge in [0.1, 0.15) is 11.6 Å². The maximum absolute atomic E-state index is 12.5. The van der Waals surface area contributed by atoms with Gasteiger partial charge in [0.2, 0.25) is 0 Å². The Kier molecular flexibility index (Phi) is 5.38. The van der Waals surface area contributed by atoms with Crippen LogP contribution < -0.4 is 5.32 Å². The first-order valence-corrected chi connectivity index (χ1v) is 9.60. The summed E-state index contributed by atoms with van der Waals surface area (Å²) in [6.07, 6.45) is 1.60. The van der Waals surface area contributed by atoms with Crippen molar-refractivity contribution in [2.45, 2.75) is 33.6 Å². The number of nitrogens with one attached hydrogen (secondary N) is 1. The molecule has 1 aromatic heterocycles. The normalized spacial score (nSPS) is 11.6. The highest BCUT2D eigenvalue weighted by atomic mass is 32.1. The van der Waals surface area contributed by atoms with Gasteiger partial charge in [-0.3, -0.25) is 10.1 Å². The number of carbonyl (C=O) groups excluding carboxylic acids is 1. The van der Waals surface area contributed by atoms with Gasteiger partial charge in [-0.1, -0.05) is 55.5 Å². The van der Waals surface area contributed by atoms with Crippen molar-refractivity contribution in [2.24, 2.45) is 0 Å². The molecule has 1 N–H and O–H groups in total. The third-order valence-corrected chi connectivity index (χ3v) is 5.25. The number of aromatic nitrogens is 1. The lowest BCUT2D eigenvalue weighted by Crippen LogP contribution is -2.13. The highest BCUT2D eigenvalue weighted by Crippen LogP contribution is 2.29. The van der Waals surface area contributed by atoms with E-state index in [0.717, 1.165) is 26.9 Å². The Hall–Kier alpha value is -2.97. The zero-order valence-electron chi connectivity index (χ0n) is 15.8. The zero-order valence-corrected chi connectivity index (χ0v) is 16.6. The summed E-state index contributed by atoms with van der Waals surface area (Å²) in [6.45, 7) is 8.29. The first-order chi connectivity index (χ1) is 12.9. The predicted molar refractivity (Wildman–Crippen MR) is 112 cm³/mol. The lowest BCUT2D eigenvalue weighted by Gasteiger charge is -2.05. The number of nitriles is 1. The summed E-state index contributed by atoms with van der Waals surface area (Å²) in [4.78, 5) is 17.0. The van der Waals surface area contributed by atoms with Crippen molar-refractivity contribution >= 4 is 38.7 Å². The van der Waals surface area contributed by atoms with Crippen molar-refractivity contribution in [3.05, 3.63) is 64.2 Å². The standard InChI is InChI=1S/C22H21N3OS/c1-13(2)17-7-5-16(6-8-17)11-18(12-23)21(26)25-22-24-20-15(4)9-14(3)10-19(20)27-22/h5-11,13H,1-4H3,(H,24,25,26)/b18-11+. The van der Waals surface area contributed by atoms with Crippen LogP contribution in [-0.4, -0.2) is 10.9 Å². The van der Waals surface area contributed by atoms with Crippen LogP contribution in [-0.2, 0) is 4.79 Å². The van der Waals surface area contributed by atoms with Crippen LogP contribution >= 0.6 is 11.3 Å². The molecule has 0 atom stereocenters. The van der Waals surface area contributed by atoms with Crippen LogP contribution in [0.5, 0.6) is 0 Å². The van der Waals surface area contributed by atoms with E-state index < -0.39 is 5.91 Å². The topological polar surface area (TPSA) is 65.8 Å². The summed E-state index contributed by atoms with van der Waals surface area (Å²) in [7, 11) is 0. The van der Waals surface area contributed by atoms with Gasteiger partial charge < -0.3 is 0 Å². The molecule has 0 fully saturated rings. The van der Waals surface area contributed by atoms with Crippen molar-refractivity contribution < 1.29 is 4.79 Å². The minimum atomic E-state index is -0.445. The molecule has 3 aromatic rings. The molecule has 5 heteroatoms. The van der Waals surface area contributed by atoms with E-state index in [2.05, 4.69) is 30.2 Å². The lowest BCUT2D eigenvalue weighted by atomic mass is 10.0. The molecule has 0 radical (unpaired) electrons. The number of hydrogen-bond donors (Lipinski definition) is 1. The molecule has 0 unspecified atom stereocenters. The third kappa shape index (κ3) is 4.24. The summed E-state index contributed by atoms with van der Waals surface area (Å²) in [5.41, 5.74) is 5.20. The SMILES string of the molecule is Cc1cc(C)c2nc(NC(=O)/C(C#N)=C/c3ccc(C(C)C)cc3)sc2c1. The van der Waals surface area contributed by atoms with Crippen LogP contribution in [0.15, 0.2) is 42.0 Å². The summed E-state index contributed by atoms with van der Waals surface area (Å²) in [6, 6.07) is 14.0. The zero-order chi connectivity index (χ0) is 19.6. The second kappa shape index (κ2) is 7.73. The summed E-state index contributed by atoms with van der Waals surface area (Å²) in [5, 5.41) is 12.7. The highest BCUT2D eigenvalue weighted by Gasteiger charge is 2.13. The van der Waals surface area contributed by atoms with Crippen LogP contribution in [0, 0.1) is 25.2 Å². The predicted octanol–water partition coefficient (Wildman–Crippen LogP) is 5.58. The van der Waals surface area contributed by atoms with E-state index in [9.17, 15) is 10.1 Å². The molecule has 2 aromatic carbocycles. The fraction of sp³-hybridized carbons (Fsp3) is 0.227. The molecule has 0 spiro atoms. The Bertz CT molecular complexity index is 1070. The van der Waals surface area contributed by atoms with Gasteiger partial charge in [-0.2, -0.15) is 5.26 Å². The smallest absolute Gasteiger partial charge is 0.268 e. The van der Waals surface area contributed by atoms with Gasteiger partial charge in [-0.15, -0.1) is 0 Å². The molecule has 4 nitrogen and oxygen atoms in total. The Labute approximate surface area is 163 Å². The van der Waals surface area contributed by atoms with E-state index in [-0.39, 0.29) is 5.57 Å². The number of aryl methyl sites for hydroxylation is 2. The molecule has 0 aliphatic heterocycles. The first-order valence-electron chi connectivity index (χ1n) is 8.78. The monoisotopic (exact) mass is 375 g/mol. The van der Waals surface area contributed by atoms with Gasteiger partial charge in [0.05, 0.1) is 10.2 Å². The van der Waals surface area contributed by atoms with Crippen LogP contribution in [0.4, 0.5) is 5.13 Å². The van der Waals surface area contributed by atoms with Crippen molar-refractivity contribution in [1.82, 2.24) is 4.98 Å². The van der Waals surface area contributed by atoms with Crippen molar-refractivity contribution in [3.63, 3.8) is 0 Å². The van der Waals surface area contributed by atoms with E-state index in [0.29, 0.717) is 11.0 Å². The largest absolute Gasteiger partial charge is 0.297 e. The molecular weight excluding hydrogens is 354 g/mol. The number of fused-ring (bicyclic) bond motifs is 1. The highest BCUT2D eigenvalue weighted by molar-refractivity contribution is 7.22. The Balaban J connectivity index is 1.83. The fourth-order valence-corrected chi connectivity index (χ4v) is 3.92. The average Bonchev–Trinajstić information content (AvgIpc) is 3.02. The number of nitrogens with zero attached hydrogens (tertiary/aromatic N) is 2. The van der Waals surface area contributed by atoms with Crippen LogP contribution in [0.3, 0.4) is 0 Å². The molecule has 3 rings (SSSR count). The molecule has 1 heterocycles. The van der Waals surface area contributed by atoms with Crippen molar-refractivity contribution in [3.8, 4) is 6.07 Å². The quantitative estimate of drug-likeness (QED) is 0.478. The summed E-state index contributed by atoms with van der Waals surface area (Å²) < 4.78 is 1.02. The summed E-state index contributed by atoms with van der Waals surface area (Å²) in [5.74, 6) is -0.00763. The second-order valence-corrected chi connectivity index (χ2v) is 7.92. The Morgan fingerprint density at radius 3 is 2.56 bits per heavy atom. The Morgan fingerprint density at radius 2 is 1.93 bits per heavy atom. The minimum absolute atomic E-state index is 0.0551. The molecule has 1 amide bonds. The number of hydrogen-bond acceptors (Lipinski definition) is 4. The van der Waals surface area contributed by atoms with Crippen LogP contribution in [0.1, 0.15) is 42.0 Å². The van der Waals surface area contributed by atoms with E-state index >= 15 is 0 Å². The van der Waals surface area contributed by atoms with Crippen molar-refractivity contribution in [2.75, 3.05) is 5.32 Å². The third-order valence-electron chi connectivity index (χ3n) is 4.33. The molecule has 136 valence electrons. The van der Waals surface area contributed by atoms with Crippen molar-refractivity contribution in [1.29, 1.82) is 5.26 Å². The van der Waals surface area contributed by atoms with E-state index in [1.54, 1.807) is 6.08 Å². The molecule has 0 aliphatic rings. The van der Waals surface area contributed by atoms with Gasteiger partial charge in [0.15, 0.2) is 5.13 Å². The minimum Gasteiger partial charge on any atom is -0.297 e. The molecule has 0 saturated heterocycles. The molecule has 0 saturated carbocycles. The first kappa shape index (κ1) is 18.8. The maximum atomic E-state index is 12.5. The number of rotatable bonds is 4. The Morgan fingerprint density at radius 1 is 1.22 bits per heavy atom. The lowest BCUT2D eigenvalue weighted by molar-refractivity contribution is -0.112. The van der Waals surface area contributed by atoms with E-state index in [1.807, 2.05) is 50.2 Å². The van der Waals surface area contributed by atoms with Gasteiger partial charge in [-0.05, 0) is 54.2 Å². The number of anilines is 1. The molecular formula is C22H21N3OS. The van der Waals surface area contributed by atoms with Gasteiger partial charge in [0.25, 0.3) is 5.91 Å². The van der Waals surface area contributed by atoms with Gasteiger partial charge in [-0.25, -0.2) is 4.98 Å². The van der Waals surface area contributed by atoms with Gasteiger partial charge >= 0.3 is 0 Å². The molecule has 0 aliphatic carbocycles. The number of benzene rings is 2. The number of amides is 1. The van der Waals surface area contributed by atoms with E-state index in [4.69, 9.17) is 0 Å². The fourth-order valence-electron chi connectivity index (χ4n) is 2.88. The van der Waals surface area contributed by atoms with E-state index in [1.165, 1.54) is 16.9 Å². The summed E-state index contributed by atoms with van der Waals surface area (Å²) >= 11 is 1.41. The molecule has 0 bridgehead atoms. The number of thiazole rings is 1. The molecule has 27 heavy (non-hydrogen) atoms. The number of carbonyl (C=O) groups is 1.